The third-order valence-corrected chi connectivity index (χ3v) is 1.59. The van der Waals surface area contributed by atoms with Gasteiger partial charge in [-0.2, -0.15) is 13.2 Å². The average Bonchev–Trinajstić information content (AvgIpc) is 2.03. The van der Waals surface area contributed by atoms with Crippen molar-refractivity contribution in [3.05, 3.63) is 11.8 Å². The summed E-state index contributed by atoms with van der Waals surface area (Å²) in [5.74, 6) is 0. The molecule has 0 aromatic carbocycles. The molecule has 0 saturated carbocycles. The maximum Gasteiger partial charge on any atom is 0.429 e. The van der Waals surface area contributed by atoms with Gasteiger partial charge in [-0.1, -0.05) is 6.08 Å². The van der Waals surface area contributed by atoms with Gasteiger partial charge in [0.15, 0.2) is 6.29 Å². The molecule has 0 saturated heterocycles. The Morgan fingerprint density at radius 2 is 2.00 bits per heavy atom. The summed E-state index contributed by atoms with van der Waals surface area (Å²) in [5.41, 5.74) is -1.29. The third kappa shape index (κ3) is 2.53. The molecular weight excluding hydrogens is 187 g/mol. The highest BCUT2D eigenvalue weighted by Crippen LogP contribution is 2.25. The van der Waals surface area contributed by atoms with Gasteiger partial charge >= 0.3 is 6.18 Å². The number of nitrogens with zero attached hydrogens (tertiary/aromatic N) is 1. The number of aliphatic hydroxyl groups excluding tert-OH is 1. The standard InChI is InChI=1S/C7H8F3NO2/c8-7(9,10)5-3-1-2-4(11-5)6(12)13/h2,6,12-13H,1,3H2. The summed E-state index contributed by atoms with van der Waals surface area (Å²) in [5, 5.41) is 17.1. The summed E-state index contributed by atoms with van der Waals surface area (Å²) >= 11 is 0. The highest BCUT2D eigenvalue weighted by molar-refractivity contribution is 5.91. The first-order valence-corrected chi connectivity index (χ1v) is 3.62. The molecule has 0 aliphatic carbocycles. The first-order chi connectivity index (χ1) is 5.91. The fraction of sp³-hybridized carbons (Fsp3) is 0.571. The molecule has 0 aromatic heterocycles. The molecule has 6 heteroatoms. The van der Waals surface area contributed by atoms with Crippen molar-refractivity contribution in [1.82, 2.24) is 0 Å². The van der Waals surface area contributed by atoms with E-state index >= 15 is 0 Å². The van der Waals surface area contributed by atoms with Gasteiger partial charge in [-0.05, 0) is 12.8 Å². The first-order valence-electron chi connectivity index (χ1n) is 3.62. The maximum absolute atomic E-state index is 12.1. The number of alkyl halides is 3. The monoisotopic (exact) mass is 195 g/mol. The van der Waals surface area contributed by atoms with Gasteiger partial charge in [-0.15, -0.1) is 0 Å². The topological polar surface area (TPSA) is 52.8 Å². The Hall–Kier alpha value is -0.880. The summed E-state index contributed by atoms with van der Waals surface area (Å²) in [6, 6.07) is 0. The highest BCUT2D eigenvalue weighted by atomic mass is 19.4. The van der Waals surface area contributed by atoms with E-state index in [-0.39, 0.29) is 18.5 Å². The second kappa shape index (κ2) is 3.47. The fourth-order valence-electron chi connectivity index (χ4n) is 0.982. The molecule has 0 aromatic rings. The molecule has 1 aliphatic rings. The Morgan fingerprint density at radius 1 is 1.38 bits per heavy atom. The summed E-state index contributed by atoms with van der Waals surface area (Å²) in [6.07, 6.45) is -5.21. The number of halogens is 3. The van der Waals surface area contributed by atoms with Gasteiger partial charge in [-0.3, -0.25) is 0 Å². The Bertz CT molecular complexity index is 255. The lowest BCUT2D eigenvalue weighted by atomic mass is 10.1. The Labute approximate surface area is 72.2 Å². The number of hydrogen-bond donors (Lipinski definition) is 2. The van der Waals surface area contributed by atoms with Crippen LogP contribution in [0.4, 0.5) is 13.2 Å². The van der Waals surface area contributed by atoms with E-state index in [9.17, 15) is 13.2 Å². The van der Waals surface area contributed by atoms with Gasteiger partial charge in [-0.25, -0.2) is 4.99 Å². The summed E-state index contributed by atoms with van der Waals surface area (Å²) in [4.78, 5) is 3.11. The van der Waals surface area contributed by atoms with Gasteiger partial charge < -0.3 is 10.2 Å². The minimum Gasteiger partial charge on any atom is -0.363 e. The quantitative estimate of drug-likeness (QED) is 0.613. The lowest BCUT2D eigenvalue weighted by Gasteiger charge is -2.15. The van der Waals surface area contributed by atoms with Crippen LogP contribution in [0.25, 0.3) is 0 Å². The van der Waals surface area contributed by atoms with Gasteiger partial charge in [0.1, 0.15) is 5.71 Å². The van der Waals surface area contributed by atoms with E-state index in [1.165, 1.54) is 6.08 Å². The van der Waals surface area contributed by atoms with Crippen LogP contribution in [-0.4, -0.2) is 28.4 Å². The van der Waals surface area contributed by atoms with Crippen molar-refractivity contribution >= 4 is 5.71 Å². The van der Waals surface area contributed by atoms with Crippen LogP contribution in [0.15, 0.2) is 16.8 Å². The van der Waals surface area contributed by atoms with E-state index in [0.29, 0.717) is 0 Å². The minimum atomic E-state index is -4.48. The van der Waals surface area contributed by atoms with Gasteiger partial charge in [0.05, 0.1) is 5.70 Å². The van der Waals surface area contributed by atoms with Gasteiger partial charge in [0.25, 0.3) is 0 Å². The highest BCUT2D eigenvalue weighted by Gasteiger charge is 2.36. The zero-order valence-electron chi connectivity index (χ0n) is 6.54. The molecule has 0 spiro atoms. The van der Waals surface area contributed by atoms with Crippen molar-refractivity contribution in [3.8, 4) is 0 Å². The summed E-state index contributed by atoms with van der Waals surface area (Å²) < 4.78 is 36.2. The number of aliphatic imine (C=N–C) groups is 1. The number of allylic oxidation sites excluding steroid dienone is 1. The predicted octanol–water partition coefficient (Wildman–Crippen LogP) is 0.978. The summed E-state index contributed by atoms with van der Waals surface area (Å²) in [6.45, 7) is 0. The largest absolute Gasteiger partial charge is 0.429 e. The van der Waals surface area contributed by atoms with Crippen LogP contribution in [0.3, 0.4) is 0 Å². The molecule has 3 nitrogen and oxygen atoms in total. The molecule has 1 heterocycles. The molecule has 13 heavy (non-hydrogen) atoms. The van der Waals surface area contributed by atoms with Crippen LogP contribution in [0.5, 0.6) is 0 Å². The SMILES string of the molecule is OC(O)C1=CCCC(C(F)(F)F)=N1. The van der Waals surface area contributed by atoms with Crippen molar-refractivity contribution in [1.29, 1.82) is 0 Å². The first kappa shape index (κ1) is 10.2. The van der Waals surface area contributed by atoms with Crippen LogP contribution in [0, 0.1) is 0 Å². The second-order valence-electron chi connectivity index (χ2n) is 2.60. The van der Waals surface area contributed by atoms with E-state index in [1.54, 1.807) is 0 Å². The fourth-order valence-corrected chi connectivity index (χ4v) is 0.982. The van der Waals surface area contributed by atoms with E-state index in [1.807, 2.05) is 0 Å². The molecule has 2 N–H and O–H groups in total. The van der Waals surface area contributed by atoms with Gasteiger partial charge in [0, 0.05) is 0 Å². The van der Waals surface area contributed by atoms with E-state index in [2.05, 4.69) is 4.99 Å². The normalized spacial score (nSPS) is 18.6. The van der Waals surface area contributed by atoms with Crippen molar-refractivity contribution < 1.29 is 23.4 Å². The van der Waals surface area contributed by atoms with Crippen LogP contribution in [-0.2, 0) is 0 Å². The molecule has 0 unspecified atom stereocenters. The van der Waals surface area contributed by atoms with Crippen molar-refractivity contribution in [2.45, 2.75) is 25.3 Å². The van der Waals surface area contributed by atoms with Crippen molar-refractivity contribution in [2.75, 3.05) is 0 Å². The zero-order valence-corrected chi connectivity index (χ0v) is 6.54. The van der Waals surface area contributed by atoms with Crippen LogP contribution >= 0.6 is 0 Å². The Kier molecular flexibility index (Phi) is 2.72. The van der Waals surface area contributed by atoms with E-state index in [4.69, 9.17) is 10.2 Å². The van der Waals surface area contributed by atoms with E-state index < -0.39 is 18.2 Å². The maximum atomic E-state index is 12.1. The molecule has 74 valence electrons. The number of rotatable bonds is 1. The predicted molar refractivity (Wildman–Crippen MR) is 39.0 cm³/mol. The van der Waals surface area contributed by atoms with Crippen molar-refractivity contribution in [3.63, 3.8) is 0 Å². The van der Waals surface area contributed by atoms with Crippen LogP contribution in [0.1, 0.15) is 12.8 Å². The number of hydrogen-bond acceptors (Lipinski definition) is 3. The zero-order chi connectivity index (χ0) is 10.1. The average molecular weight is 195 g/mol. The van der Waals surface area contributed by atoms with Crippen LogP contribution < -0.4 is 0 Å². The summed E-state index contributed by atoms with van der Waals surface area (Å²) in [7, 11) is 0. The van der Waals surface area contributed by atoms with Crippen molar-refractivity contribution in [2.24, 2.45) is 4.99 Å². The lowest BCUT2D eigenvalue weighted by molar-refractivity contribution is -0.0613. The number of aliphatic hydroxyl groups is 2. The molecular formula is C7H8F3NO2. The smallest absolute Gasteiger partial charge is 0.363 e. The molecule has 0 bridgehead atoms. The Balaban J connectivity index is 2.85. The molecule has 1 rings (SSSR count). The molecule has 1 aliphatic heterocycles. The molecule has 0 amide bonds. The molecule has 0 radical (unpaired) electrons. The third-order valence-electron chi connectivity index (χ3n) is 1.59. The van der Waals surface area contributed by atoms with E-state index in [0.717, 1.165) is 0 Å². The van der Waals surface area contributed by atoms with Crippen LogP contribution in [0.2, 0.25) is 0 Å². The molecule has 0 fully saturated rings. The minimum absolute atomic E-state index is 0.130. The Morgan fingerprint density at radius 3 is 2.46 bits per heavy atom. The second-order valence-corrected chi connectivity index (χ2v) is 2.60. The lowest BCUT2D eigenvalue weighted by Crippen LogP contribution is -2.26. The van der Waals surface area contributed by atoms with Gasteiger partial charge in [0.2, 0.25) is 0 Å². The molecule has 0 atom stereocenters.